The molecule has 1 atom stereocenters. The van der Waals surface area contributed by atoms with Gasteiger partial charge in [-0.05, 0) is 37.5 Å². The number of benzene rings is 1. The molecule has 0 N–H and O–H groups in total. The molecule has 2 aromatic heterocycles. The van der Waals surface area contributed by atoms with Gasteiger partial charge in [-0.1, -0.05) is 12.1 Å². The third-order valence-corrected chi connectivity index (χ3v) is 4.72. The molecule has 1 aromatic carbocycles. The van der Waals surface area contributed by atoms with Gasteiger partial charge in [0.05, 0.1) is 24.3 Å². The summed E-state index contributed by atoms with van der Waals surface area (Å²) in [6, 6.07) is 7.27. The van der Waals surface area contributed by atoms with Crippen molar-refractivity contribution in [3.8, 4) is 0 Å². The van der Waals surface area contributed by atoms with Crippen molar-refractivity contribution in [3.63, 3.8) is 0 Å². The molecule has 25 heavy (non-hydrogen) atoms. The summed E-state index contributed by atoms with van der Waals surface area (Å²) >= 11 is 0. The number of aryl methyl sites for hydroxylation is 1. The van der Waals surface area contributed by atoms with Crippen LogP contribution in [-0.2, 0) is 17.9 Å². The van der Waals surface area contributed by atoms with Crippen LogP contribution in [0, 0.1) is 6.92 Å². The molecule has 1 aliphatic heterocycles. The Bertz CT molecular complexity index is 968. The van der Waals surface area contributed by atoms with Crippen LogP contribution in [0.25, 0.3) is 11.1 Å². The number of amides is 1. The maximum absolute atomic E-state index is 12.8. The number of likely N-dealkylation sites (tertiary alicyclic amines) is 1. The van der Waals surface area contributed by atoms with E-state index in [-0.39, 0.29) is 18.5 Å². The summed E-state index contributed by atoms with van der Waals surface area (Å²) in [5, 5.41) is 4.31. The minimum Gasteiger partial charge on any atom is -0.408 e. The topological polar surface area (TPSA) is 73.3 Å². The van der Waals surface area contributed by atoms with Crippen molar-refractivity contribution in [3.05, 3.63) is 52.8 Å². The number of hydrogen-bond acceptors (Lipinski definition) is 4. The zero-order valence-corrected chi connectivity index (χ0v) is 14.1. The Kier molecular flexibility index (Phi) is 3.91. The Hall–Kier alpha value is -2.83. The molecular weight excluding hydrogens is 320 g/mol. The van der Waals surface area contributed by atoms with E-state index in [2.05, 4.69) is 5.10 Å². The summed E-state index contributed by atoms with van der Waals surface area (Å²) in [4.78, 5) is 26.8. The highest BCUT2D eigenvalue weighted by Gasteiger charge is 2.29. The van der Waals surface area contributed by atoms with Crippen molar-refractivity contribution in [2.24, 2.45) is 0 Å². The second-order valence-electron chi connectivity index (χ2n) is 6.54. The number of aromatic nitrogens is 3. The lowest BCUT2D eigenvalue weighted by atomic mass is 10.2. The summed E-state index contributed by atoms with van der Waals surface area (Å²) in [7, 11) is 0. The van der Waals surface area contributed by atoms with E-state index in [1.807, 2.05) is 35.0 Å². The van der Waals surface area contributed by atoms with E-state index in [1.54, 1.807) is 18.2 Å². The Morgan fingerprint density at radius 2 is 2.20 bits per heavy atom. The van der Waals surface area contributed by atoms with Crippen molar-refractivity contribution >= 4 is 17.0 Å². The van der Waals surface area contributed by atoms with Crippen LogP contribution in [0.3, 0.4) is 0 Å². The predicted molar refractivity (Wildman–Crippen MR) is 92.2 cm³/mol. The first-order valence-corrected chi connectivity index (χ1v) is 8.49. The van der Waals surface area contributed by atoms with Gasteiger partial charge in [0, 0.05) is 12.7 Å². The molecule has 1 amide bonds. The van der Waals surface area contributed by atoms with Crippen molar-refractivity contribution in [1.82, 2.24) is 19.2 Å². The quantitative estimate of drug-likeness (QED) is 0.726. The van der Waals surface area contributed by atoms with Crippen molar-refractivity contribution < 1.29 is 9.21 Å². The fraction of sp³-hybridized carbons (Fsp3) is 0.389. The summed E-state index contributed by atoms with van der Waals surface area (Å²) in [6.45, 7) is 3.40. The molecule has 3 heterocycles. The van der Waals surface area contributed by atoms with E-state index < -0.39 is 5.76 Å². The van der Waals surface area contributed by atoms with Gasteiger partial charge >= 0.3 is 5.76 Å². The highest BCUT2D eigenvalue weighted by molar-refractivity contribution is 5.80. The van der Waals surface area contributed by atoms with Gasteiger partial charge in [-0.15, -0.1) is 0 Å². The van der Waals surface area contributed by atoms with Crippen LogP contribution in [0.15, 0.2) is 45.9 Å². The number of carbonyl (C=O) groups excluding carboxylic acids is 1. The molecule has 3 aromatic rings. The molecular formula is C18H20N4O3. The molecule has 130 valence electrons. The Morgan fingerprint density at radius 1 is 1.36 bits per heavy atom. The van der Waals surface area contributed by atoms with Crippen molar-refractivity contribution in [2.45, 2.75) is 38.9 Å². The lowest BCUT2D eigenvalue weighted by Gasteiger charge is -2.24. The van der Waals surface area contributed by atoms with Crippen LogP contribution in [-0.4, -0.2) is 37.7 Å². The monoisotopic (exact) mass is 340 g/mol. The van der Waals surface area contributed by atoms with Crippen LogP contribution in [0.4, 0.5) is 0 Å². The number of carbonyl (C=O) groups is 1. The maximum atomic E-state index is 12.8. The third-order valence-electron chi connectivity index (χ3n) is 4.72. The van der Waals surface area contributed by atoms with Crippen molar-refractivity contribution in [1.29, 1.82) is 0 Å². The molecule has 0 bridgehead atoms. The lowest BCUT2D eigenvalue weighted by molar-refractivity contribution is -0.132. The summed E-state index contributed by atoms with van der Waals surface area (Å²) in [5.74, 6) is -0.548. The molecule has 1 unspecified atom stereocenters. The normalized spacial score (nSPS) is 17.5. The van der Waals surface area contributed by atoms with Crippen LogP contribution < -0.4 is 5.76 Å². The van der Waals surface area contributed by atoms with Gasteiger partial charge in [-0.25, -0.2) is 4.79 Å². The van der Waals surface area contributed by atoms with Crippen LogP contribution in [0.1, 0.15) is 18.4 Å². The largest absolute Gasteiger partial charge is 0.420 e. The second kappa shape index (κ2) is 6.23. The second-order valence-corrected chi connectivity index (χ2v) is 6.54. The fourth-order valence-electron chi connectivity index (χ4n) is 3.53. The molecule has 0 spiro atoms. The smallest absolute Gasteiger partial charge is 0.408 e. The summed E-state index contributed by atoms with van der Waals surface area (Å²) in [6.07, 6.45) is 5.72. The van der Waals surface area contributed by atoms with E-state index >= 15 is 0 Å². The van der Waals surface area contributed by atoms with E-state index in [0.717, 1.165) is 18.4 Å². The molecule has 0 saturated carbocycles. The van der Waals surface area contributed by atoms with E-state index in [1.165, 1.54) is 4.57 Å². The number of para-hydroxylation sites is 2. The first-order chi connectivity index (χ1) is 12.1. The maximum Gasteiger partial charge on any atom is 0.420 e. The van der Waals surface area contributed by atoms with Crippen LogP contribution in [0.5, 0.6) is 0 Å². The van der Waals surface area contributed by atoms with Crippen LogP contribution >= 0.6 is 0 Å². The first-order valence-electron chi connectivity index (χ1n) is 8.49. The van der Waals surface area contributed by atoms with Crippen LogP contribution in [0.2, 0.25) is 0 Å². The molecule has 7 nitrogen and oxygen atoms in total. The SMILES string of the molecule is Cc1cnn(CC2CCCN2C(=O)Cn2c(=O)oc3ccccc32)c1. The minimum atomic E-state index is -0.493. The van der Waals surface area contributed by atoms with E-state index in [4.69, 9.17) is 4.42 Å². The first kappa shape index (κ1) is 15.7. The molecule has 1 fully saturated rings. The van der Waals surface area contributed by atoms with Gasteiger partial charge in [0.1, 0.15) is 6.54 Å². The zero-order valence-electron chi connectivity index (χ0n) is 14.1. The van der Waals surface area contributed by atoms with Gasteiger partial charge in [-0.2, -0.15) is 5.10 Å². The number of hydrogen-bond donors (Lipinski definition) is 0. The Labute approximate surface area is 144 Å². The molecule has 0 aliphatic carbocycles. The highest BCUT2D eigenvalue weighted by atomic mass is 16.4. The number of fused-ring (bicyclic) bond motifs is 1. The van der Waals surface area contributed by atoms with E-state index in [9.17, 15) is 9.59 Å². The average molecular weight is 340 g/mol. The fourth-order valence-corrected chi connectivity index (χ4v) is 3.53. The van der Waals surface area contributed by atoms with Gasteiger partial charge < -0.3 is 9.32 Å². The molecule has 1 saturated heterocycles. The predicted octanol–water partition coefficient (Wildman–Crippen LogP) is 1.79. The van der Waals surface area contributed by atoms with Gasteiger partial charge in [0.15, 0.2) is 5.58 Å². The molecule has 7 heteroatoms. The van der Waals surface area contributed by atoms with Gasteiger partial charge in [0.2, 0.25) is 5.91 Å². The third kappa shape index (κ3) is 2.97. The zero-order chi connectivity index (χ0) is 17.4. The summed E-state index contributed by atoms with van der Waals surface area (Å²) < 4.78 is 8.50. The Balaban J connectivity index is 1.53. The number of rotatable bonds is 4. The molecule has 4 rings (SSSR count). The summed E-state index contributed by atoms with van der Waals surface area (Å²) in [5.41, 5.74) is 2.26. The highest BCUT2D eigenvalue weighted by Crippen LogP contribution is 2.20. The van der Waals surface area contributed by atoms with Gasteiger partial charge in [0.25, 0.3) is 0 Å². The van der Waals surface area contributed by atoms with Gasteiger partial charge in [-0.3, -0.25) is 14.0 Å². The lowest BCUT2D eigenvalue weighted by Crippen LogP contribution is -2.41. The Morgan fingerprint density at radius 3 is 3.00 bits per heavy atom. The molecule has 1 aliphatic rings. The minimum absolute atomic E-state index is 0.00445. The number of oxazole rings is 1. The number of nitrogens with zero attached hydrogens (tertiary/aromatic N) is 4. The van der Waals surface area contributed by atoms with Crippen molar-refractivity contribution in [2.75, 3.05) is 6.54 Å². The van der Waals surface area contributed by atoms with E-state index in [0.29, 0.717) is 24.2 Å². The standard InChI is InChI=1S/C18H20N4O3/c1-13-9-19-20(10-13)11-14-5-4-8-21(14)17(23)12-22-15-6-2-3-7-16(15)25-18(22)24/h2-3,6-7,9-10,14H,4-5,8,11-12H2,1H3. The molecule has 0 radical (unpaired) electrons. The average Bonchev–Trinajstić information content (AvgIpc) is 3.29.